The van der Waals surface area contributed by atoms with Gasteiger partial charge in [-0.1, -0.05) is 62.0 Å². The second kappa shape index (κ2) is 4.97. The fraction of sp³-hybridized carbons (Fsp3) is 0.250. The Morgan fingerprint density at radius 1 is 1.00 bits per heavy atom. The molecule has 18 heavy (non-hydrogen) atoms. The van der Waals surface area contributed by atoms with Crippen LogP contribution in [0, 0.1) is 11.5 Å². The maximum atomic E-state index is 10.1. The lowest BCUT2D eigenvalue weighted by molar-refractivity contribution is 0.238. The lowest BCUT2D eigenvalue weighted by Gasteiger charge is -2.08. The van der Waals surface area contributed by atoms with Gasteiger partial charge in [0.2, 0.25) is 0 Å². The highest BCUT2D eigenvalue weighted by Gasteiger charge is 2.10. The highest BCUT2D eigenvalue weighted by atomic mass is 28.3. The topological polar surface area (TPSA) is 20.2 Å². The van der Waals surface area contributed by atoms with Crippen LogP contribution in [0.4, 0.5) is 0 Å². The van der Waals surface area contributed by atoms with E-state index < -0.39 is 14.2 Å². The van der Waals surface area contributed by atoms with Crippen LogP contribution in [-0.4, -0.2) is 13.2 Å². The average molecular weight is 254 g/mol. The molecular formula is C16H18OSi. The van der Waals surface area contributed by atoms with E-state index in [2.05, 4.69) is 43.2 Å². The van der Waals surface area contributed by atoms with Gasteiger partial charge in [-0.15, -0.1) is 5.54 Å². The second-order valence-electron chi connectivity index (χ2n) is 5.53. The van der Waals surface area contributed by atoms with E-state index in [4.69, 9.17) is 0 Å². The first-order valence-electron chi connectivity index (χ1n) is 6.15. The van der Waals surface area contributed by atoms with Gasteiger partial charge in [-0.25, -0.2) is 0 Å². The molecule has 0 saturated carbocycles. The van der Waals surface area contributed by atoms with Crippen LogP contribution in [0.1, 0.15) is 11.7 Å². The number of benzene rings is 2. The molecule has 0 saturated heterocycles. The first-order chi connectivity index (χ1) is 8.46. The first-order valence-corrected chi connectivity index (χ1v) is 9.65. The summed E-state index contributed by atoms with van der Waals surface area (Å²) in [5, 5.41) is 12.4. The molecule has 92 valence electrons. The monoisotopic (exact) mass is 254 g/mol. The van der Waals surface area contributed by atoms with Gasteiger partial charge >= 0.3 is 0 Å². The van der Waals surface area contributed by atoms with E-state index in [-0.39, 0.29) is 0 Å². The van der Waals surface area contributed by atoms with Gasteiger partial charge in [-0.2, -0.15) is 0 Å². The predicted molar refractivity (Wildman–Crippen MR) is 80.0 cm³/mol. The molecule has 0 aliphatic heterocycles. The zero-order valence-electron chi connectivity index (χ0n) is 11.1. The third-order valence-corrected chi connectivity index (χ3v) is 3.57. The highest BCUT2D eigenvalue weighted by Crippen LogP contribution is 2.20. The van der Waals surface area contributed by atoms with Crippen molar-refractivity contribution in [2.45, 2.75) is 25.7 Å². The Morgan fingerprint density at radius 2 is 1.67 bits per heavy atom. The molecule has 0 amide bonds. The molecule has 2 rings (SSSR count). The van der Waals surface area contributed by atoms with Crippen molar-refractivity contribution in [2.24, 2.45) is 0 Å². The largest absolute Gasteiger partial charge is 0.376 e. The molecular weight excluding hydrogens is 236 g/mol. The summed E-state index contributed by atoms with van der Waals surface area (Å²) in [6, 6.07) is 14.1. The van der Waals surface area contributed by atoms with Crippen LogP contribution in [0.15, 0.2) is 42.5 Å². The molecule has 2 aromatic carbocycles. The van der Waals surface area contributed by atoms with Crippen molar-refractivity contribution < 1.29 is 5.11 Å². The van der Waals surface area contributed by atoms with Gasteiger partial charge in [-0.05, 0) is 22.4 Å². The predicted octanol–water partition coefficient (Wildman–Crippen LogP) is 3.75. The lowest BCUT2D eigenvalue weighted by Crippen LogP contribution is -2.16. The first kappa shape index (κ1) is 12.9. The highest BCUT2D eigenvalue weighted by molar-refractivity contribution is 6.83. The second-order valence-corrected chi connectivity index (χ2v) is 10.3. The summed E-state index contributed by atoms with van der Waals surface area (Å²) >= 11 is 0. The Bertz CT molecular complexity index is 614. The Kier molecular flexibility index (Phi) is 3.56. The maximum Gasteiger partial charge on any atom is 0.139 e. The summed E-state index contributed by atoms with van der Waals surface area (Å²) < 4.78 is 0. The van der Waals surface area contributed by atoms with Crippen molar-refractivity contribution in [1.29, 1.82) is 0 Å². The van der Waals surface area contributed by atoms with Crippen LogP contribution in [0.2, 0.25) is 19.6 Å². The minimum Gasteiger partial charge on any atom is -0.376 e. The van der Waals surface area contributed by atoms with E-state index in [1.807, 2.05) is 30.3 Å². The Labute approximate surface area is 109 Å². The minimum atomic E-state index is -1.43. The van der Waals surface area contributed by atoms with E-state index in [1.54, 1.807) is 0 Å². The molecule has 0 spiro atoms. The molecule has 2 aromatic rings. The van der Waals surface area contributed by atoms with Gasteiger partial charge in [0.1, 0.15) is 14.2 Å². The Balaban J connectivity index is 2.33. The lowest BCUT2D eigenvalue weighted by atomic mass is 10.0. The number of hydrogen-bond donors (Lipinski definition) is 1. The van der Waals surface area contributed by atoms with E-state index in [0.29, 0.717) is 0 Å². The summed E-state index contributed by atoms with van der Waals surface area (Å²) in [5.41, 5.74) is 4.08. The SMILES string of the molecule is C[Si](C)(C)C#C[C@H](O)c1ccc2ccccc2c1. The van der Waals surface area contributed by atoms with Crippen LogP contribution in [0.25, 0.3) is 10.8 Å². The van der Waals surface area contributed by atoms with Crippen LogP contribution in [0.5, 0.6) is 0 Å². The van der Waals surface area contributed by atoms with Gasteiger partial charge in [-0.3, -0.25) is 0 Å². The Hall–Kier alpha value is -1.56. The summed E-state index contributed by atoms with van der Waals surface area (Å²) in [4.78, 5) is 0. The quantitative estimate of drug-likeness (QED) is 0.607. The third kappa shape index (κ3) is 3.22. The molecule has 0 aliphatic rings. The molecule has 1 atom stereocenters. The molecule has 0 aliphatic carbocycles. The van der Waals surface area contributed by atoms with Crippen molar-refractivity contribution in [3.05, 3.63) is 48.0 Å². The van der Waals surface area contributed by atoms with Crippen LogP contribution in [0.3, 0.4) is 0 Å². The van der Waals surface area contributed by atoms with Gasteiger partial charge < -0.3 is 5.11 Å². The van der Waals surface area contributed by atoms with Crippen molar-refractivity contribution in [1.82, 2.24) is 0 Å². The molecule has 0 fully saturated rings. The van der Waals surface area contributed by atoms with Gasteiger partial charge in [0.25, 0.3) is 0 Å². The fourth-order valence-corrected chi connectivity index (χ4v) is 2.32. The summed E-state index contributed by atoms with van der Waals surface area (Å²) in [7, 11) is -1.43. The van der Waals surface area contributed by atoms with Crippen LogP contribution in [-0.2, 0) is 0 Å². The number of hydrogen-bond acceptors (Lipinski definition) is 1. The van der Waals surface area contributed by atoms with Gasteiger partial charge in [0.05, 0.1) is 0 Å². The van der Waals surface area contributed by atoms with E-state index in [9.17, 15) is 5.11 Å². The molecule has 1 nitrogen and oxygen atoms in total. The fourth-order valence-electron chi connectivity index (χ4n) is 1.75. The molecule has 2 heteroatoms. The maximum absolute atomic E-state index is 10.1. The van der Waals surface area contributed by atoms with Crippen molar-refractivity contribution in [2.75, 3.05) is 0 Å². The average Bonchev–Trinajstić information content (AvgIpc) is 2.34. The summed E-state index contributed by atoms with van der Waals surface area (Å²) in [5.74, 6) is 2.97. The molecule has 0 bridgehead atoms. The normalized spacial score (nSPS) is 12.9. The number of fused-ring (bicyclic) bond motifs is 1. The number of aliphatic hydroxyl groups is 1. The van der Waals surface area contributed by atoms with Crippen LogP contribution < -0.4 is 0 Å². The smallest absolute Gasteiger partial charge is 0.139 e. The molecule has 0 unspecified atom stereocenters. The molecule has 0 aromatic heterocycles. The van der Waals surface area contributed by atoms with E-state index in [1.165, 1.54) is 5.39 Å². The van der Waals surface area contributed by atoms with Gasteiger partial charge in [0, 0.05) is 0 Å². The summed E-state index contributed by atoms with van der Waals surface area (Å²) in [6.07, 6.45) is -0.679. The zero-order chi connectivity index (χ0) is 13.2. The standard InChI is InChI=1S/C16H18OSi/c1-18(2,3)11-10-16(17)15-9-8-13-6-4-5-7-14(13)12-15/h4-9,12,16-17H,1-3H3/t16-/m0/s1. The zero-order valence-corrected chi connectivity index (χ0v) is 12.1. The number of rotatable bonds is 1. The minimum absolute atomic E-state index is 0.679. The summed E-state index contributed by atoms with van der Waals surface area (Å²) in [6.45, 7) is 6.52. The van der Waals surface area contributed by atoms with Crippen molar-refractivity contribution >= 4 is 18.8 Å². The molecule has 1 N–H and O–H groups in total. The van der Waals surface area contributed by atoms with Crippen molar-refractivity contribution in [3.63, 3.8) is 0 Å². The number of aliphatic hydroxyl groups excluding tert-OH is 1. The van der Waals surface area contributed by atoms with Crippen molar-refractivity contribution in [3.8, 4) is 11.5 Å². The van der Waals surface area contributed by atoms with E-state index >= 15 is 0 Å². The Morgan fingerprint density at radius 3 is 2.33 bits per heavy atom. The van der Waals surface area contributed by atoms with Gasteiger partial charge in [0.15, 0.2) is 0 Å². The van der Waals surface area contributed by atoms with Crippen LogP contribution >= 0.6 is 0 Å². The molecule has 0 heterocycles. The van der Waals surface area contributed by atoms with E-state index in [0.717, 1.165) is 10.9 Å². The third-order valence-electron chi connectivity index (χ3n) is 2.67. The molecule has 0 radical (unpaired) electrons.